The minimum atomic E-state index is -0.797. The van der Waals surface area contributed by atoms with Crippen LogP contribution in [0.15, 0.2) is 18.2 Å². The van der Waals surface area contributed by atoms with Crippen molar-refractivity contribution in [2.75, 3.05) is 19.0 Å². The Labute approximate surface area is 146 Å². The lowest BCUT2D eigenvalue weighted by molar-refractivity contribution is -0.142. The van der Waals surface area contributed by atoms with Gasteiger partial charge in [-0.25, -0.2) is 0 Å². The molecule has 0 saturated heterocycles. The van der Waals surface area contributed by atoms with E-state index in [0.29, 0.717) is 31.3 Å². The van der Waals surface area contributed by atoms with Gasteiger partial charge in [0.05, 0.1) is 6.61 Å². The third-order valence-corrected chi connectivity index (χ3v) is 4.01. The Balaban J connectivity index is 3.00. The van der Waals surface area contributed by atoms with E-state index in [1.807, 2.05) is 32.0 Å². The van der Waals surface area contributed by atoms with Crippen LogP contribution in [-0.2, 0) is 9.53 Å². The van der Waals surface area contributed by atoms with Gasteiger partial charge in [-0.15, -0.1) is 0 Å². The monoisotopic (exact) mass is 335 g/mol. The van der Waals surface area contributed by atoms with E-state index in [1.165, 1.54) is 0 Å². The number of carbonyl (C=O) groups is 1. The molecular formula is C20H33NO3. The molecule has 0 aliphatic carbocycles. The normalized spacial score (nSPS) is 11.9. The molecule has 0 bridgehead atoms. The summed E-state index contributed by atoms with van der Waals surface area (Å²) in [6, 6.07) is 5.71. The predicted octanol–water partition coefficient (Wildman–Crippen LogP) is 4.81. The SMILES string of the molecule is CCOc1ccc(NC(=O)C(CC(C)C)(CC(C)C)OC)cc1C. The van der Waals surface area contributed by atoms with Gasteiger partial charge in [0.2, 0.25) is 0 Å². The van der Waals surface area contributed by atoms with Gasteiger partial charge in [-0.1, -0.05) is 27.7 Å². The van der Waals surface area contributed by atoms with Crippen LogP contribution in [0.25, 0.3) is 0 Å². The quantitative estimate of drug-likeness (QED) is 0.704. The standard InChI is InChI=1S/C20H33NO3/c1-8-24-18-10-9-17(11-16(18)6)21-19(22)20(23-7,12-14(2)3)13-15(4)5/h9-11,14-15H,8,12-13H2,1-7H3,(H,21,22). The summed E-state index contributed by atoms with van der Waals surface area (Å²) in [5.74, 6) is 1.52. The minimum absolute atomic E-state index is 0.0732. The molecule has 0 saturated carbocycles. The first-order valence-electron chi connectivity index (χ1n) is 8.84. The average molecular weight is 335 g/mol. The molecule has 136 valence electrons. The molecule has 1 rings (SSSR count). The number of hydrogen-bond donors (Lipinski definition) is 1. The van der Waals surface area contributed by atoms with E-state index in [-0.39, 0.29) is 5.91 Å². The molecule has 0 heterocycles. The summed E-state index contributed by atoms with van der Waals surface area (Å²) in [4.78, 5) is 13.0. The smallest absolute Gasteiger partial charge is 0.256 e. The van der Waals surface area contributed by atoms with Gasteiger partial charge in [0.1, 0.15) is 11.4 Å². The molecule has 0 spiro atoms. The molecule has 0 aromatic heterocycles. The van der Waals surface area contributed by atoms with E-state index in [0.717, 1.165) is 17.0 Å². The number of rotatable bonds is 9. The summed E-state index contributed by atoms with van der Waals surface area (Å²) in [6.07, 6.45) is 1.40. The van der Waals surface area contributed by atoms with Crippen molar-refractivity contribution in [3.63, 3.8) is 0 Å². The number of nitrogens with one attached hydrogen (secondary N) is 1. The summed E-state index contributed by atoms with van der Waals surface area (Å²) < 4.78 is 11.3. The first-order chi connectivity index (χ1) is 11.2. The van der Waals surface area contributed by atoms with Crippen molar-refractivity contribution < 1.29 is 14.3 Å². The summed E-state index contributed by atoms with van der Waals surface area (Å²) in [7, 11) is 1.63. The summed E-state index contributed by atoms with van der Waals surface area (Å²) in [6.45, 7) is 13.0. The van der Waals surface area contributed by atoms with Gasteiger partial charge < -0.3 is 14.8 Å². The number of benzene rings is 1. The van der Waals surface area contributed by atoms with Crippen LogP contribution >= 0.6 is 0 Å². The van der Waals surface area contributed by atoms with Crippen LogP contribution < -0.4 is 10.1 Å². The number of methoxy groups -OCH3 is 1. The Kier molecular flexibility index (Phi) is 7.74. The second kappa shape index (κ2) is 9.07. The van der Waals surface area contributed by atoms with Gasteiger partial charge in [-0.2, -0.15) is 0 Å². The fourth-order valence-corrected chi connectivity index (χ4v) is 3.14. The van der Waals surface area contributed by atoms with E-state index in [1.54, 1.807) is 7.11 Å². The van der Waals surface area contributed by atoms with Crippen LogP contribution in [0.4, 0.5) is 5.69 Å². The van der Waals surface area contributed by atoms with Gasteiger partial charge in [0.15, 0.2) is 0 Å². The minimum Gasteiger partial charge on any atom is -0.494 e. The van der Waals surface area contributed by atoms with Crippen molar-refractivity contribution in [2.45, 2.75) is 60.0 Å². The number of aryl methyl sites for hydroxylation is 1. The highest BCUT2D eigenvalue weighted by molar-refractivity contribution is 5.97. The van der Waals surface area contributed by atoms with E-state index in [2.05, 4.69) is 33.0 Å². The van der Waals surface area contributed by atoms with Crippen molar-refractivity contribution >= 4 is 11.6 Å². The molecule has 1 N–H and O–H groups in total. The second-order valence-electron chi connectivity index (χ2n) is 7.26. The molecule has 0 aliphatic rings. The predicted molar refractivity (Wildman–Crippen MR) is 99.6 cm³/mol. The number of carbonyl (C=O) groups excluding carboxylic acids is 1. The summed E-state index contributed by atoms with van der Waals surface area (Å²) >= 11 is 0. The van der Waals surface area contributed by atoms with E-state index < -0.39 is 5.60 Å². The summed E-state index contributed by atoms with van der Waals surface area (Å²) in [5.41, 5.74) is 0.981. The molecule has 1 aromatic carbocycles. The summed E-state index contributed by atoms with van der Waals surface area (Å²) in [5, 5.41) is 3.04. The van der Waals surface area contributed by atoms with Crippen molar-refractivity contribution in [1.82, 2.24) is 0 Å². The maximum Gasteiger partial charge on any atom is 0.256 e. The zero-order chi connectivity index (χ0) is 18.3. The Hall–Kier alpha value is -1.55. The van der Waals surface area contributed by atoms with Crippen LogP contribution in [0.2, 0.25) is 0 Å². The third kappa shape index (κ3) is 5.52. The maximum atomic E-state index is 13.0. The molecular weight excluding hydrogens is 302 g/mol. The molecule has 0 fully saturated rings. The molecule has 4 nitrogen and oxygen atoms in total. The van der Waals surface area contributed by atoms with Crippen molar-refractivity contribution in [1.29, 1.82) is 0 Å². The largest absolute Gasteiger partial charge is 0.494 e. The molecule has 4 heteroatoms. The molecule has 0 unspecified atom stereocenters. The van der Waals surface area contributed by atoms with E-state index in [9.17, 15) is 4.79 Å². The lowest BCUT2D eigenvalue weighted by atomic mass is 9.84. The average Bonchev–Trinajstić information content (AvgIpc) is 2.48. The molecule has 0 aliphatic heterocycles. The van der Waals surface area contributed by atoms with Crippen LogP contribution in [0.1, 0.15) is 53.0 Å². The van der Waals surface area contributed by atoms with Crippen molar-refractivity contribution in [3.05, 3.63) is 23.8 Å². The van der Waals surface area contributed by atoms with Crippen LogP contribution in [-0.4, -0.2) is 25.2 Å². The topological polar surface area (TPSA) is 47.6 Å². The van der Waals surface area contributed by atoms with Crippen LogP contribution in [0, 0.1) is 18.8 Å². The molecule has 1 amide bonds. The third-order valence-electron chi connectivity index (χ3n) is 4.01. The highest BCUT2D eigenvalue weighted by Gasteiger charge is 2.39. The number of amides is 1. The molecule has 0 radical (unpaired) electrons. The first kappa shape index (κ1) is 20.5. The Bertz CT molecular complexity index is 528. The Morgan fingerprint density at radius 1 is 1.17 bits per heavy atom. The first-order valence-corrected chi connectivity index (χ1v) is 8.84. The number of ether oxygens (including phenoxy) is 2. The second-order valence-corrected chi connectivity index (χ2v) is 7.26. The van der Waals surface area contributed by atoms with Crippen LogP contribution in [0.5, 0.6) is 5.75 Å². The van der Waals surface area contributed by atoms with Gasteiger partial charge >= 0.3 is 0 Å². The van der Waals surface area contributed by atoms with Crippen molar-refractivity contribution in [3.8, 4) is 5.75 Å². The van der Waals surface area contributed by atoms with E-state index >= 15 is 0 Å². The van der Waals surface area contributed by atoms with Crippen LogP contribution in [0.3, 0.4) is 0 Å². The molecule has 24 heavy (non-hydrogen) atoms. The zero-order valence-corrected chi connectivity index (χ0v) is 16.2. The molecule has 1 aromatic rings. The number of hydrogen-bond acceptors (Lipinski definition) is 3. The van der Waals surface area contributed by atoms with Crippen molar-refractivity contribution in [2.24, 2.45) is 11.8 Å². The van der Waals surface area contributed by atoms with E-state index in [4.69, 9.17) is 9.47 Å². The maximum absolute atomic E-state index is 13.0. The van der Waals surface area contributed by atoms with Gasteiger partial charge in [-0.05, 0) is 62.3 Å². The molecule has 0 atom stereocenters. The highest BCUT2D eigenvalue weighted by atomic mass is 16.5. The van der Waals surface area contributed by atoms with Gasteiger partial charge in [0, 0.05) is 12.8 Å². The fourth-order valence-electron chi connectivity index (χ4n) is 3.14. The highest BCUT2D eigenvalue weighted by Crippen LogP contribution is 2.31. The zero-order valence-electron chi connectivity index (χ0n) is 16.2. The Morgan fingerprint density at radius 3 is 2.17 bits per heavy atom. The number of anilines is 1. The van der Waals surface area contributed by atoms with Gasteiger partial charge in [-0.3, -0.25) is 4.79 Å². The lowest BCUT2D eigenvalue weighted by Gasteiger charge is -2.34. The lowest BCUT2D eigenvalue weighted by Crippen LogP contribution is -2.46. The fraction of sp³-hybridized carbons (Fsp3) is 0.650. The van der Waals surface area contributed by atoms with Gasteiger partial charge in [0.25, 0.3) is 5.91 Å². The Morgan fingerprint density at radius 2 is 1.75 bits per heavy atom.